The van der Waals surface area contributed by atoms with E-state index in [0.29, 0.717) is 13.0 Å². The average Bonchev–Trinajstić information content (AvgIpc) is 3.10. The Balaban J connectivity index is 3.46. The van der Waals surface area contributed by atoms with Crippen molar-refractivity contribution in [2.75, 3.05) is 6.54 Å². The van der Waals surface area contributed by atoms with E-state index in [0.717, 1.165) is 0 Å². The second-order valence-electron chi connectivity index (χ2n) is 7.59. The number of ketones is 1. The van der Waals surface area contributed by atoms with Gasteiger partial charge in [0.25, 0.3) is 0 Å². The molecule has 1 saturated heterocycles. The van der Waals surface area contributed by atoms with Gasteiger partial charge in [-0.15, -0.1) is 0 Å². The third-order valence-electron chi connectivity index (χ3n) is 4.68. The smallest absolute Gasteiger partial charge is 0.320 e. The number of halogens is 5. The molecule has 1 unspecified atom stereocenters. The van der Waals surface area contributed by atoms with Gasteiger partial charge in [0.2, 0.25) is 17.6 Å². The first-order valence-electron chi connectivity index (χ1n) is 8.99. The molecular weight excluding hydrogens is 389 g/mol. The van der Waals surface area contributed by atoms with Crippen molar-refractivity contribution < 1.29 is 36.3 Å². The standard InChI is InChI=1S/C17H26F5N3O3/c1-8(2)11(23)15(28)25(14(27)10-6-5-7-24-10)12(9(3)4)13(26)16(18,19)17(20,21)22/h8-12,24H,5-7,23H2,1-4H3/t10-,11-,12?/m0/s1. The van der Waals surface area contributed by atoms with Crippen LogP contribution in [0.4, 0.5) is 22.0 Å². The number of nitrogens with one attached hydrogen (secondary N) is 1. The van der Waals surface area contributed by atoms with Crippen molar-refractivity contribution in [3.8, 4) is 0 Å². The van der Waals surface area contributed by atoms with Gasteiger partial charge in [-0.3, -0.25) is 19.3 Å². The number of nitrogens with zero attached hydrogens (tertiary/aromatic N) is 1. The van der Waals surface area contributed by atoms with Crippen LogP contribution in [0, 0.1) is 11.8 Å². The Bertz CT molecular complexity index is 587. The molecule has 6 nitrogen and oxygen atoms in total. The van der Waals surface area contributed by atoms with Gasteiger partial charge in [0.05, 0.1) is 12.1 Å². The van der Waals surface area contributed by atoms with Crippen LogP contribution in [-0.2, 0) is 14.4 Å². The Morgan fingerprint density at radius 1 is 1.04 bits per heavy atom. The molecule has 0 spiro atoms. The van der Waals surface area contributed by atoms with Crippen molar-refractivity contribution in [2.45, 2.75) is 70.8 Å². The Hall–Kier alpha value is -1.62. The molecule has 0 aromatic carbocycles. The van der Waals surface area contributed by atoms with E-state index in [2.05, 4.69) is 5.32 Å². The van der Waals surface area contributed by atoms with Gasteiger partial charge in [-0.1, -0.05) is 27.7 Å². The summed E-state index contributed by atoms with van der Waals surface area (Å²) in [5, 5.41) is 2.76. The molecule has 1 rings (SSSR count). The van der Waals surface area contributed by atoms with Gasteiger partial charge in [0.15, 0.2) is 0 Å². The zero-order valence-electron chi connectivity index (χ0n) is 16.1. The first kappa shape index (κ1) is 24.4. The number of hydrogen-bond acceptors (Lipinski definition) is 5. The number of rotatable bonds is 7. The van der Waals surface area contributed by atoms with Gasteiger partial charge in [-0.2, -0.15) is 22.0 Å². The molecule has 162 valence electrons. The topological polar surface area (TPSA) is 92.5 Å². The van der Waals surface area contributed by atoms with E-state index >= 15 is 0 Å². The lowest BCUT2D eigenvalue weighted by Crippen LogP contribution is -2.64. The molecule has 0 aromatic rings. The predicted octanol–water partition coefficient (Wildman–Crippen LogP) is 1.87. The van der Waals surface area contributed by atoms with E-state index in [-0.39, 0.29) is 11.3 Å². The van der Waals surface area contributed by atoms with Gasteiger partial charge in [-0.25, -0.2) is 0 Å². The van der Waals surface area contributed by atoms with Crippen LogP contribution < -0.4 is 11.1 Å². The maximum absolute atomic E-state index is 13.8. The molecular formula is C17H26F5N3O3. The molecule has 0 aromatic heterocycles. The minimum Gasteiger partial charge on any atom is -0.320 e. The number of nitrogens with two attached hydrogens (primary N) is 1. The molecule has 3 N–H and O–H groups in total. The number of carbonyl (C=O) groups is 3. The maximum Gasteiger partial charge on any atom is 0.461 e. The fourth-order valence-electron chi connectivity index (χ4n) is 2.94. The second-order valence-corrected chi connectivity index (χ2v) is 7.59. The second kappa shape index (κ2) is 8.81. The molecule has 11 heteroatoms. The van der Waals surface area contributed by atoms with E-state index in [1.165, 1.54) is 27.7 Å². The number of Topliss-reactive ketones (excluding diaryl/α,β-unsaturated/α-hetero) is 1. The lowest BCUT2D eigenvalue weighted by Gasteiger charge is -2.37. The van der Waals surface area contributed by atoms with Crippen molar-refractivity contribution >= 4 is 17.6 Å². The van der Waals surface area contributed by atoms with Gasteiger partial charge in [-0.05, 0) is 31.2 Å². The highest BCUT2D eigenvalue weighted by atomic mass is 19.4. The Kier molecular flexibility index (Phi) is 7.68. The summed E-state index contributed by atoms with van der Waals surface area (Å²) in [7, 11) is 0. The summed E-state index contributed by atoms with van der Waals surface area (Å²) in [6, 6.07) is -4.61. The summed E-state index contributed by atoms with van der Waals surface area (Å²) in [6.07, 6.45) is -5.34. The summed E-state index contributed by atoms with van der Waals surface area (Å²) in [6.45, 7) is 5.83. The van der Waals surface area contributed by atoms with Crippen LogP contribution in [0.3, 0.4) is 0 Å². The van der Waals surface area contributed by atoms with Gasteiger partial charge in [0, 0.05) is 0 Å². The third kappa shape index (κ3) is 4.86. The van der Waals surface area contributed by atoms with Crippen molar-refractivity contribution in [3.63, 3.8) is 0 Å². The highest BCUT2D eigenvalue weighted by molar-refractivity contribution is 6.06. The van der Waals surface area contributed by atoms with Crippen LogP contribution in [0.2, 0.25) is 0 Å². The first-order valence-corrected chi connectivity index (χ1v) is 8.99. The van der Waals surface area contributed by atoms with Crippen molar-refractivity contribution in [3.05, 3.63) is 0 Å². The zero-order chi connectivity index (χ0) is 22.0. The lowest BCUT2D eigenvalue weighted by molar-refractivity contribution is -0.271. The molecule has 3 atom stereocenters. The highest BCUT2D eigenvalue weighted by Crippen LogP contribution is 2.39. The molecule has 28 heavy (non-hydrogen) atoms. The van der Waals surface area contributed by atoms with E-state index in [9.17, 15) is 36.3 Å². The van der Waals surface area contributed by atoms with Gasteiger partial charge in [0.1, 0.15) is 6.04 Å². The van der Waals surface area contributed by atoms with Crippen LogP contribution in [0.15, 0.2) is 0 Å². The zero-order valence-corrected chi connectivity index (χ0v) is 16.1. The molecule has 1 aliphatic heterocycles. The molecule has 0 saturated carbocycles. The minimum absolute atomic E-state index is 0.223. The van der Waals surface area contributed by atoms with Crippen molar-refractivity contribution in [1.82, 2.24) is 10.2 Å². The largest absolute Gasteiger partial charge is 0.461 e. The summed E-state index contributed by atoms with van der Waals surface area (Å²) in [5.74, 6) is -12.2. The number of carbonyl (C=O) groups excluding carboxylic acids is 3. The molecule has 1 heterocycles. The number of imide groups is 1. The lowest BCUT2D eigenvalue weighted by atomic mass is 9.91. The third-order valence-corrected chi connectivity index (χ3v) is 4.68. The quantitative estimate of drug-likeness (QED) is 0.620. The average molecular weight is 415 g/mol. The Morgan fingerprint density at radius 2 is 1.57 bits per heavy atom. The molecule has 1 fully saturated rings. The molecule has 0 aliphatic carbocycles. The van der Waals surface area contributed by atoms with Crippen LogP contribution >= 0.6 is 0 Å². The Morgan fingerprint density at radius 3 is 1.93 bits per heavy atom. The SMILES string of the molecule is CC(C)C(C(=O)C(F)(F)C(F)(F)F)N(C(=O)[C@@H]1CCCN1)C(=O)[C@@H](N)C(C)C. The Labute approximate surface area is 160 Å². The maximum atomic E-state index is 13.8. The first-order chi connectivity index (χ1) is 12.6. The molecule has 0 radical (unpaired) electrons. The fraction of sp³-hybridized carbons (Fsp3) is 0.824. The molecule has 0 bridgehead atoms. The van der Waals surface area contributed by atoms with Crippen LogP contribution in [0.5, 0.6) is 0 Å². The van der Waals surface area contributed by atoms with Crippen LogP contribution in [0.1, 0.15) is 40.5 Å². The van der Waals surface area contributed by atoms with E-state index in [1.807, 2.05) is 0 Å². The summed E-state index contributed by atoms with van der Waals surface area (Å²) < 4.78 is 65.9. The van der Waals surface area contributed by atoms with Crippen LogP contribution in [0.25, 0.3) is 0 Å². The van der Waals surface area contributed by atoms with E-state index in [4.69, 9.17) is 5.73 Å². The summed E-state index contributed by atoms with van der Waals surface area (Å²) in [4.78, 5) is 38.1. The monoisotopic (exact) mass is 415 g/mol. The van der Waals surface area contributed by atoms with Crippen molar-refractivity contribution in [2.24, 2.45) is 17.6 Å². The normalized spacial score (nSPS) is 20.4. The van der Waals surface area contributed by atoms with E-state index < -0.39 is 59.7 Å². The summed E-state index contributed by atoms with van der Waals surface area (Å²) >= 11 is 0. The van der Waals surface area contributed by atoms with E-state index in [1.54, 1.807) is 0 Å². The molecule has 2 amide bonds. The van der Waals surface area contributed by atoms with Crippen molar-refractivity contribution in [1.29, 1.82) is 0 Å². The molecule has 1 aliphatic rings. The highest BCUT2D eigenvalue weighted by Gasteiger charge is 2.66. The number of hydrogen-bond donors (Lipinski definition) is 2. The number of alkyl halides is 5. The minimum atomic E-state index is -6.15. The van der Waals surface area contributed by atoms with Gasteiger partial charge < -0.3 is 11.1 Å². The van der Waals surface area contributed by atoms with Gasteiger partial charge >= 0.3 is 12.1 Å². The summed E-state index contributed by atoms with van der Waals surface area (Å²) in [5.41, 5.74) is 5.75. The fourth-order valence-corrected chi connectivity index (χ4v) is 2.94. The number of amides is 2. The predicted molar refractivity (Wildman–Crippen MR) is 90.3 cm³/mol. The van der Waals surface area contributed by atoms with Crippen LogP contribution in [-0.4, -0.2) is 59.3 Å².